The molecule has 0 atom stereocenters. The second-order valence-electron chi connectivity index (χ2n) is 8.72. The Morgan fingerprint density at radius 2 is 2.07 bits per heavy atom. The first-order chi connectivity index (χ1) is 13.4. The Morgan fingerprint density at radius 1 is 1.29 bits per heavy atom. The predicted molar refractivity (Wildman–Crippen MR) is 108 cm³/mol. The smallest absolute Gasteiger partial charge is 0.410 e. The Kier molecular flexibility index (Phi) is 5.42. The minimum absolute atomic E-state index is 0.219. The molecule has 2 aromatic rings. The number of piperidine rings is 1. The van der Waals surface area contributed by atoms with Crippen molar-refractivity contribution in [2.24, 2.45) is 0 Å². The van der Waals surface area contributed by atoms with Gasteiger partial charge < -0.3 is 9.64 Å². The average molecular weight is 404 g/mol. The summed E-state index contributed by atoms with van der Waals surface area (Å²) in [6, 6.07) is 2.53. The fraction of sp³-hybridized carbons (Fsp3) is 0.650. The van der Waals surface area contributed by atoms with E-state index in [0.29, 0.717) is 19.1 Å². The van der Waals surface area contributed by atoms with Crippen molar-refractivity contribution in [3.8, 4) is 0 Å². The van der Waals surface area contributed by atoms with Crippen LogP contribution in [0.15, 0.2) is 17.6 Å². The molecule has 0 radical (unpaired) electrons. The summed E-state index contributed by atoms with van der Waals surface area (Å²) in [7, 11) is 0. The lowest BCUT2D eigenvalue weighted by molar-refractivity contribution is 0.0184. The fourth-order valence-corrected chi connectivity index (χ4v) is 4.76. The van der Waals surface area contributed by atoms with Crippen molar-refractivity contribution < 1.29 is 9.53 Å². The van der Waals surface area contributed by atoms with Crippen LogP contribution in [0.1, 0.15) is 55.8 Å². The molecule has 7 nitrogen and oxygen atoms in total. The van der Waals surface area contributed by atoms with Crippen molar-refractivity contribution in [2.45, 2.75) is 64.8 Å². The topological polar surface area (TPSA) is 63.5 Å². The van der Waals surface area contributed by atoms with Gasteiger partial charge in [0.05, 0.1) is 17.9 Å². The highest BCUT2D eigenvalue weighted by atomic mass is 32.1. The number of hydrogen-bond acceptors (Lipinski definition) is 6. The number of aromatic nitrogens is 3. The summed E-state index contributed by atoms with van der Waals surface area (Å²) < 4.78 is 7.46. The maximum Gasteiger partial charge on any atom is 0.410 e. The molecule has 1 amide bonds. The molecule has 1 saturated heterocycles. The van der Waals surface area contributed by atoms with Crippen LogP contribution in [0.5, 0.6) is 0 Å². The molecule has 28 heavy (non-hydrogen) atoms. The zero-order valence-corrected chi connectivity index (χ0v) is 17.7. The highest BCUT2D eigenvalue weighted by molar-refractivity contribution is 7.10. The van der Waals surface area contributed by atoms with Crippen molar-refractivity contribution in [1.82, 2.24) is 24.8 Å². The van der Waals surface area contributed by atoms with Crippen molar-refractivity contribution >= 4 is 17.4 Å². The van der Waals surface area contributed by atoms with Gasteiger partial charge in [-0.15, -0.1) is 16.4 Å². The molecule has 0 saturated carbocycles. The summed E-state index contributed by atoms with van der Waals surface area (Å²) in [4.78, 5) is 18.0. The van der Waals surface area contributed by atoms with Crippen LogP contribution in [0.4, 0.5) is 4.79 Å². The Bertz CT molecular complexity index is 817. The van der Waals surface area contributed by atoms with Gasteiger partial charge in [0.1, 0.15) is 5.60 Å². The zero-order valence-electron chi connectivity index (χ0n) is 16.9. The summed E-state index contributed by atoms with van der Waals surface area (Å²) in [5.74, 6) is 0. The third kappa shape index (κ3) is 4.55. The van der Waals surface area contributed by atoms with Crippen LogP contribution < -0.4 is 0 Å². The molecule has 0 spiro atoms. The zero-order chi connectivity index (χ0) is 19.7. The Balaban J connectivity index is 1.29. The molecular weight excluding hydrogens is 374 g/mol. The number of carbonyl (C=O) groups is 1. The van der Waals surface area contributed by atoms with Gasteiger partial charge in [-0.1, -0.05) is 5.21 Å². The van der Waals surface area contributed by atoms with Gasteiger partial charge in [0.15, 0.2) is 0 Å². The van der Waals surface area contributed by atoms with Crippen LogP contribution in [0.3, 0.4) is 0 Å². The first-order valence-electron chi connectivity index (χ1n) is 10.0. The minimum Gasteiger partial charge on any atom is -0.444 e. The molecule has 8 heteroatoms. The molecule has 0 aliphatic carbocycles. The van der Waals surface area contributed by atoms with Crippen molar-refractivity contribution in [3.63, 3.8) is 0 Å². The van der Waals surface area contributed by atoms with E-state index >= 15 is 0 Å². The van der Waals surface area contributed by atoms with E-state index in [1.807, 2.05) is 36.8 Å². The number of rotatable bonds is 3. The molecule has 0 bridgehead atoms. The molecule has 4 rings (SSSR count). The number of hydrogen-bond donors (Lipinski definition) is 0. The molecule has 152 valence electrons. The standard InChI is InChI=1S/C20H29N5O2S/c1-20(2,3)27-19(26)24-9-4-17(5-10-24)25-14-16(21-22-25)13-23-8-6-18-15(12-23)7-11-28-18/h7,11,14,17H,4-6,8-10,12-13H2,1-3H3. The van der Waals surface area contributed by atoms with Crippen molar-refractivity contribution in [1.29, 1.82) is 0 Å². The molecule has 0 N–H and O–H groups in total. The maximum absolute atomic E-state index is 12.2. The SMILES string of the molecule is CC(C)(C)OC(=O)N1CCC(n2cc(CN3CCc4sccc4C3)nn2)CC1. The van der Waals surface area contributed by atoms with E-state index < -0.39 is 5.60 Å². The van der Waals surface area contributed by atoms with Gasteiger partial charge in [-0.2, -0.15) is 0 Å². The molecule has 2 aliphatic rings. The van der Waals surface area contributed by atoms with Crippen LogP contribution in [0, 0.1) is 0 Å². The lowest BCUT2D eigenvalue weighted by Crippen LogP contribution is -2.42. The third-order valence-electron chi connectivity index (χ3n) is 5.32. The molecular formula is C20H29N5O2S. The number of carbonyl (C=O) groups excluding carboxylic acids is 1. The van der Waals surface area contributed by atoms with Gasteiger partial charge in [0.25, 0.3) is 0 Å². The Labute approximate surface area is 170 Å². The quantitative estimate of drug-likeness (QED) is 0.785. The van der Waals surface area contributed by atoms with Crippen LogP contribution in [0.25, 0.3) is 0 Å². The van der Waals surface area contributed by atoms with Crippen molar-refractivity contribution in [2.75, 3.05) is 19.6 Å². The first-order valence-corrected chi connectivity index (χ1v) is 10.9. The normalized spacial score (nSPS) is 18.9. The molecule has 2 aliphatic heterocycles. The Hall–Kier alpha value is -1.93. The highest BCUT2D eigenvalue weighted by Gasteiger charge is 2.28. The monoisotopic (exact) mass is 403 g/mol. The van der Waals surface area contributed by atoms with Gasteiger partial charge in [0, 0.05) is 37.6 Å². The summed E-state index contributed by atoms with van der Waals surface area (Å²) in [5.41, 5.74) is 2.03. The largest absolute Gasteiger partial charge is 0.444 e. The third-order valence-corrected chi connectivity index (χ3v) is 6.34. The van der Waals surface area contributed by atoms with Gasteiger partial charge in [-0.3, -0.25) is 4.90 Å². The lowest BCUT2D eigenvalue weighted by atomic mass is 10.1. The molecule has 2 aromatic heterocycles. The number of fused-ring (bicyclic) bond motifs is 1. The van der Waals surface area contributed by atoms with E-state index in [1.54, 1.807) is 4.90 Å². The summed E-state index contributed by atoms with van der Waals surface area (Å²) in [6.45, 7) is 10.0. The van der Waals surface area contributed by atoms with Crippen LogP contribution in [0.2, 0.25) is 0 Å². The van der Waals surface area contributed by atoms with Crippen LogP contribution in [-0.4, -0.2) is 56.1 Å². The number of thiophene rings is 1. The van der Waals surface area contributed by atoms with E-state index in [1.165, 1.54) is 10.4 Å². The minimum atomic E-state index is -0.451. The lowest BCUT2D eigenvalue weighted by Gasteiger charge is -2.33. The molecule has 4 heterocycles. The van der Waals surface area contributed by atoms with E-state index in [9.17, 15) is 4.79 Å². The summed E-state index contributed by atoms with van der Waals surface area (Å²) in [6.07, 6.45) is 4.75. The van der Waals surface area contributed by atoms with E-state index in [0.717, 1.165) is 44.6 Å². The first kappa shape index (κ1) is 19.4. The Morgan fingerprint density at radius 3 is 2.82 bits per heavy atom. The van der Waals surface area contributed by atoms with Crippen LogP contribution in [-0.2, 0) is 24.2 Å². The van der Waals surface area contributed by atoms with Gasteiger partial charge >= 0.3 is 6.09 Å². The second kappa shape index (κ2) is 7.83. The summed E-state index contributed by atoms with van der Waals surface area (Å²) in [5, 5.41) is 11.0. The molecule has 0 aromatic carbocycles. The van der Waals surface area contributed by atoms with Gasteiger partial charge in [0.2, 0.25) is 0 Å². The van der Waals surface area contributed by atoms with E-state index in [-0.39, 0.29) is 6.09 Å². The predicted octanol–water partition coefficient (Wildman–Crippen LogP) is 3.47. The molecule has 1 fully saturated rings. The van der Waals surface area contributed by atoms with E-state index in [2.05, 4.69) is 32.9 Å². The van der Waals surface area contributed by atoms with Crippen LogP contribution >= 0.6 is 11.3 Å². The fourth-order valence-electron chi connectivity index (χ4n) is 3.87. The maximum atomic E-state index is 12.2. The highest BCUT2D eigenvalue weighted by Crippen LogP contribution is 2.26. The second-order valence-corrected chi connectivity index (χ2v) is 9.72. The molecule has 0 unspecified atom stereocenters. The number of ether oxygens (including phenoxy) is 1. The number of likely N-dealkylation sites (tertiary alicyclic amines) is 1. The average Bonchev–Trinajstić information content (AvgIpc) is 3.29. The van der Waals surface area contributed by atoms with Gasteiger partial charge in [-0.25, -0.2) is 9.48 Å². The summed E-state index contributed by atoms with van der Waals surface area (Å²) >= 11 is 1.87. The van der Waals surface area contributed by atoms with Crippen molar-refractivity contribution in [3.05, 3.63) is 33.8 Å². The number of amides is 1. The van der Waals surface area contributed by atoms with E-state index in [4.69, 9.17) is 4.74 Å². The number of nitrogens with zero attached hydrogens (tertiary/aromatic N) is 5. The van der Waals surface area contributed by atoms with Gasteiger partial charge in [-0.05, 0) is 57.0 Å².